The zero-order valence-electron chi connectivity index (χ0n) is 15.1. The number of benzene rings is 1. The van der Waals surface area contributed by atoms with Crippen molar-refractivity contribution in [3.63, 3.8) is 0 Å². The SMILES string of the molecule is Cc1cc(C)n(Cc2ccc(C(=O)NCCSCc3ccco3)cc2)n1. The number of nitrogens with one attached hydrogen (secondary N) is 1. The van der Waals surface area contributed by atoms with Gasteiger partial charge in [-0.3, -0.25) is 9.48 Å². The minimum absolute atomic E-state index is 0.0405. The molecule has 0 spiro atoms. The summed E-state index contributed by atoms with van der Waals surface area (Å²) in [6, 6.07) is 13.6. The van der Waals surface area contributed by atoms with Gasteiger partial charge in [-0.15, -0.1) is 0 Å². The van der Waals surface area contributed by atoms with Crippen molar-refractivity contribution in [2.24, 2.45) is 0 Å². The van der Waals surface area contributed by atoms with Gasteiger partial charge >= 0.3 is 0 Å². The molecule has 0 aliphatic carbocycles. The zero-order valence-corrected chi connectivity index (χ0v) is 15.9. The van der Waals surface area contributed by atoms with Gasteiger partial charge < -0.3 is 9.73 Å². The summed E-state index contributed by atoms with van der Waals surface area (Å²) in [6.45, 7) is 5.39. The van der Waals surface area contributed by atoms with Crippen molar-refractivity contribution in [3.05, 3.63) is 77.0 Å². The molecule has 0 radical (unpaired) electrons. The average Bonchev–Trinajstić information content (AvgIpc) is 3.25. The molecule has 136 valence electrons. The number of aromatic nitrogens is 2. The number of furan rings is 1. The Morgan fingerprint density at radius 3 is 2.69 bits per heavy atom. The minimum atomic E-state index is -0.0405. The summed E-state index contributed by atoms with van der Waals surface area (Å²) in [7, 11) is 0. The first-order chi connectivity index (χ1) is 12.6. The van der Waals surface area contributed by atoms with Gasteiger partial charge in [-0.2, -0.15) is 16.9 Å². The van der Waals surface area contributed by atoms with E-state index in [1.807, 2.05) is 54.9 Å². The van der Waals surface area contributed by atoms with Gasteiger partial charge in [-0.1, -0.05) is 12.1 Å². The van der Waals surface area contributed by atoms with Crippen molar-refractivity contribution >= 4 is 17.7 Å². The van der Waals surface area contributed by atoms with Crippen molar-refractivity contribution < 1.29 is 9.21 Å². The van der Waals surface area contributed by atoms with Crippen LogP contribution in [0.3, 0.4) is 0 Å². The van der Waals surface area contributed by atoms with Gasteiger partial charge in [0.25, 0.3) is 5.91 Å². The molecule has 2 heterocycles. The van der Waals surface area contributed by atoms with E-state index in [9.17, 15) is 4.79 Å². The van der Waals surface area contributed by atoms with Gasteiger partial charge in [0.2, 0.25) is 0 Å². The molecule has 2 aromatic heterocycles. The van der Waals surface area contributed by atoms with Crippen LogP contribution < -0.4 is 5.32 Å². The first-order valence-electron chi connectivity index (χ1n) is 8.60. The Bertz CT molecular complexity index is 839. The lowest BCUT2D eigenvalue weighted by Crippen LogP contribution is -2.25. The maximum absolute atomic E-state index is 12.2. The molecule has 0 fully saturated rings. The molecule has 0 saturated carbocycles. The van der Waals surface area contributed by atoms with Gasteiger partial charge in [0, 0.05) is 23.6 Å². The maximum atomic E-state index is 12.2. The molecule has 5 nitrogen and oxygen atoms in total. The Labute approximate surface area is 157 Å². The summed E-state index contributed by atoms with van der Waals surface area (Å²) >= 11 is 1.74. The number of amides is 1. The molecule has 1 aromatic carbocycles. The maximum Gasteiger partial charge on any atom is 0.251 e. The molecule has 0 unspecified atom stereocenters. The Kier molecular flexibility index (Phi) is 6.17. The lowest BCUT2D eigenvalue weighted by Gasteiger charge is -2.07. The Morgan fingerprint density at radius 2 is 2.04 bits per heavy atom. The Hall–Kier alpha value is -2.47. The van der Waals surface area contributed by atoms with E-state index in [1.165, 1.54) is 0 Å². The molecule has 26 heavy (non-hydrogen) atoms. The molecule has 0 aliphatic rings. The van der Waals surface area contributed by atoms with Crippen molar-refractivity contribution in [2.45, 2.75) is 26.1 Å². The van der Waals surface area contributed by atoms with E-state index in [2.05, 4.69) is 16.5 Å². The van der Waals surface area contributed by atoms with Crippen LogP contribution in [0.25, 0.3) is 0 Å². The third-order valence-corrected chi connectivity index (χ3v) is 4.99. The Morgan fingerprint density at radius 1 is 1.23 bits per heavy atom. The molecule has 1 N–H and O–H groups in total. The van der Waals surface area contributed by atoms with E-state index in [1.54, 1.807) is 18.0 Å². The van der Waals surface area contributed by atoms with Gasteiger partial charge in [0.1, 0.15) is 5.76 Å². The standard InChI is InChI=1S/C20H23N3O2S/c1-15-12-16(2)23(22-15)13-17-5-7-18(8-6-17)20(24)21-9-11-26-14-19-4-3-10-25-19/h3-8,10,12H,9,11,13-14H2,1-2H3,(H,21,24). The average molecular weight is 369 g/mol. The summed E-state index contributed by atoms with van der Waals surface area (Å²) in [5, 5.41) is 7.42. The molecular weight excluding hydrogens is 346 g/mol. The molecule has 3 rings (SSSR count). The fourth-order valence-corrected chi connectivity index (χ4v) is 3.43. The molecule has 0 bridgehead atoms. The minimum Gasteiger partial charge on any atom is -0.468 e. The number of aryl methyl sites for hydroxylation is 2. The highest BCUT2D eigenvalue weighted by molar-refractivity contribution is 7.98. The van der Waals surface area contributed by atoms with E-state index >= 15 is 0 Å². The van der Waals surface area contributed by atoms with Crippen molar-refractivity contribution in [1.29, 1.82) is 0 Å². The molecule has 1 amide bonds. The second-order valence-electron chi connectivity index (χ2n) is 6.17. The summed E-state index contributed by atoms with van der Waals surface area (Å²) < 4.78 is 7.25. The molecule has 0 aliphatic heterocycles. The van der Waals surface area contributed by atoms with Crippen LogP contribution in [0.5, 0.6) is 0 Å². The lowest BCUT2D eigenvalue weighted by molar-refractivity contribution is 0.0956. The van der Waals surface area contributed by atoms with Crippen molar-refractivity contribution in [3.8, 4) is 0 Å². The highest BCUT2D eigenvalue weighted by Crippen LogP contribution is 2.12. The van der Waals surface area contributed by atoms with Crippen LogP contribution in [0.4, 0.5) is 0 Å². The highest BCUT2D eigenvalue weighted by atomic mass is 32.2. The molecule has 6 heteroatoms. The quantitative estimate of drug-likeness (QED) is 0.614. The predicted molar refractivity (Wildman–Crippen MR) is 104 cm³/mol. The van der Waals surface area contributed by atoms with Crippen LogP contribution in [-0.4, -0.2) is 28.0 Å². The van der Waals surface area contributed by atoms with Crippen LogP contribution in [0.2, 0.25) is 0 Å². The van der Waals surface area contributed by atoms with Crippen molar-refractivity contribution in [1.82, 2.24) is 15.1 Å². The lowest BCUT2D eigenvalue weighted by atomic mass is 10.1. The van der Waals surface area contributed by atoms with Crippen LogP contribution >= 0.6 is 11.8 Å². The third kappa shape index (κ3) is 5.02. The number of hydrogen-bond donors (Lipinski definition) is 1. The molecule has 0 atom stereocenters. The van der Waals surface area contributed by atoms with E-state index in [0.29, 0.717) is 18.7 Å². The fraction of sp³-hybridized carbons (Fsp3) is 0.300. The van der Waals surface area contributed by atoms with Gasteiger partial charge in [-0.25, -0.2) is 0 Å². The van der Waals surface area contributed by atoms with E-state index < -0.39 is 0 Å². The Balaban J connectivity index is 1.43. The van der Waals surface area contributed by atoms with Gasteiger partial charge in [0.05, 0.1) is 24.3 Å². The smallest absolute Gasteiger partial charge is 0.251 e. The normalized spacial score (nSPS) is 10.8. The summed E-state index contributed by atoms with van der Waals surface area (Å²) in [4.78, 5) is 12.2. The number of carbonyl (C=O) groups is 1. The second kappa shape index (κ2) is 8.76. The first-order valence-corrected chi connectivity index (χ1v) is 9.75. The van der Waals surface area contributed by atoms with E-state index in [0.717, 1.165) is 34.2 Å². The molecular formula is C20H23N3O2S. The van der Waals surface area contributed by atoms with Crippen LogP contribution in [-0.2, 0) is 12.3 Å². The summed E-state index contributed by atoms with van der Waals surface area (Å²) in [6.07, 6.45) is 1.68. The summed E-state index contributed by atoms with van der Waals surface area (Å²) in [5.41, 5.74) is 3.96. The van der Waals surface area contributed by atoms with Crippen LogP contribution in [0.1, 0.15) is 33.1 Å². The number of hydrogen-bond acceptors (Lipinski definition) is 4. The van der Waals surface area contributed by atoms with E-state index in [-0.39, 0.29) is 5.91 Å². The third-order valence-electron chi connectivity index (χ3n) is 4.01. The zero-order chi connectivity index (χ0) is 18.4. The fourth-order valence-electron chi connectivity index (χ4n) is 2.68. The highest BCUT2D eigenvalue weighted by Gasteiger charge is 2.06. The van der Waals surface area contributed by atoms with Crippen LogP contribution in [0.15, 0.2) is 53.1 Å². The van der Waals surface area contributed by atoms with Crippen molar-refractivity contribution in [2.75, 3.05) is 12.3 Å². The predicted octanol–water partition coefficient (Wildman–Crippen LogP) is 3.80. The monoisotopic (exact) mass is 369 g/mol. The van der Waals surface area contributed by atoms with Crippen LogP contribution in [0, 0.1) is 13.8 Å². The number of thioether (sulfide) groups is 1. The number of nitrogens with zero attached hydrogens (tertiary/aromatic N) is 2. The van der Waals surface area contributed by atoms with Gasteiger partial charge in [-0.05, 0) is 49.7 Å². The molecule has 3 aromatic rings. The largest absolute Gasteiger partial charge is 0.468 e. The first kappa shape index (κ1) is 18.3. The summed E-state index contributed by atoms with van der Waals surface area (Å²) in [5.74, 6) is 2.59. The number of rotatable bonds is 8. The van der Waals surface area contributed by atoms with Gasteiger partial charge in [0.15, 0.2) is 0 Å². The van der Waals surface area contributed by atoms with E-state index in [4.69, 9.17) is 4.42 Å². The topological polar surface area (TPSA) is 60.1 Å². The number of carbonyl (C=O) groups excluding carboxylic acids is 1. The molecule has 0 saturated heterocycles. The second-order valence-corrected chi connectivity index (χ2v) is 7.27.